The third-order valence-electron chi connectivity index (χ3n) is 6.78. The van der Waals surface area contributed by atoms with Crippen LogP contribution in [0.2, 0.25) is 0 Å². The first-order valence-electron chi connectivity index (χ1n) is 13.3. The lowest BCUT2D eigenvalue weighted by atomic mass is 10.0. The summed E-state index contributed by atoms with van der Waals surface area (Å²) >= 11 is 0. The van der Waals surface area contributed by atoms with E-state index in [1.165, 1.54) is 10.6 Å². The minimum Gasteiger partial charge on any atom is -0.357 e. The van der Waals surface area contributed by atoms with Gasteiger partial charge in [-0.05, 0) is 48.6 Å². The van der Waals surface area contributed by atoms with Crippen LogP contribution in [0.25, 0.3) is 0 Å². The maximum absolute atomic E-state index is 13.7. The van der Waals surface area contributed by atoms with Gasteiger partial charge in [0.15, 0.2) is 0 Å². The van der Waals surface area contributed by atoms with Crippen LogP contribution >= 0.6 is 0 Å². The van der Waals surface area contributed by atoms with Crippen molar-refractivity contribution in [2.45, 2.75) is 52.1 Å². The summed E-state index contributed by atoms with van der Waals surface area (Å²) in [7, 11) is -1.97. The molecule has 0 heterocycles. The number of amides is 2. The molecule has 0 unspecified atom stereocenters. The minimum absolute atomic E-state index is 0.104. The Morgan fingerprint density at radius 1 is 0.872 bits per heavy atom. The van der Waals surface area contributed by atoms with Gasteiger partial charge in [0, 0.05) is 33.0 Å². The van der Waals surface area contributed by atoms with Crippen molar-refractivity contribution in [1.82, 2.24) is 10.2 Å². The first-order valence-corrected chi connectivity index (χ1v) is 15.1. The van der Waals surface area contributed by atoms with Crippen molar-refractivity contribution in [3.8, 4) is 0 Å². The zero-order valence-corrected chi connectivity index (χ0v) is 24.1. The van der Waals surface area contributed by atoms with Gasteiger partial charge in [0.25, 0.3) is 0 Å². The fourth-order valence-electron chi connectivity index (χ4n) is 4.51. The van der Waals surface area contributed by atoms with Crippen LogP contribution in [0.15, 0.2) is 78.9 Å². The van der Waals surface area contributed by atoms with E-state index in [4.69, 9.17) is 0 Å². The number of rotatable bonds is 13. The van der Waals surface area contributed by atoms with Crippen LogP contribution < -0.4 is 9.62 Å². The SMILES string of the molecule is CCc1ccc(N(CCCC(=O)N(Cc2ccc(C)cc2)[C@H](Cc2ccccc2)C(=O)NC)S(C)(=O)=O)cc1. The van der Waals surface area contributed by atoms with Crippen LogP contribution in [0, 0.1) is 6.92 Å². The molecule has 3 rings (SSSR count). The molecule has 0 aliphatic rings. The number of hydrogen-bond donors (Lipinski definition) is 1. The first kappa shape index (κ1) is 29.9. The van der Waals surface area contributed by atoms with E-state index in [1.807, 2.05) is 80.6 Å². The molecule has 0 saturated heterocycles. The Labute approximate surface area is 232 Å². The number of benzene rings is 3. The normalized spacial score (nSPS) is 12.0. The van der Waals surface area contributed by atoms with Gasteiger partial charge >= 0.3 is 0 Å². The third-order valence-corrected chi connectivity index (χ3v) is 7.97. The highest BCUT2D eigenvalue weighted by molar-refractivity contribution is 7.92. The molecule has 39 heavy (non-hydrogen) atoms. The molecule has 0 radical (unpaired) electrons. The number of carbonyl (C=O) groups is 2. The zero-order chi connectivity index (χ0) is 28.4. The van der Waals surface area contributed by atoms with Gasteiger partial charge in [-0.1, -0.05) is 79.2 Å². The van der Waals surface area contributed by atoms with Crippen molar-refractivity contribution in [3.05, 3.63) is 101 Å². The Kier molecular flexibility index (Phi) is 10.7. The van der Waals surface area contributed by atoms with Gasteiger partial charge < -0.3 is 10.2 Å². The van der Waals surface area contributed by atoms with Gasteiger partial charge in [-0.15, -0.1) is 0 Å². The van der Waals surface area contributed by atoms with Gasteiger partial charge in [0.05, 0.1) is 11.9 Å². The van der Waals surface area contributed by atoms with E-state index >= 15 is 0 Å². The predicted molar refractivity (Wildman–Crippen MR) is 157 cm³/mol. The summed E-state index contributed by atoms with van der Waals surface area (Å²) in [5.41, 5.74) is 4.67. The van der Waals surface area contributed by atoms with Gasteiger partial charge in [0.1, 0.15) is 6.04 Å². The van der Waals surface area contributed by atoms with Gasteiger partial charge in [-0.3, -0.25) is 13.9 Å². The molecule has 2 amide bonds. The standard InChI is InChI=1S/C31H39N3O4S/c1-5-25-17-19-28(20-18-25)34(39(4,37)38)21-9-12-30(35)33(23-27-15-13-24(2)14-16-27)29(31(36)32-3)22-26-10-7-6-8-11-26/h6-8,10-11,13-20,29H,5,9,12,21-23H2,1-4H3,(H,32,36)/t29-/m1/s1. The topological polar surface area (TPSA) is 86.8 Å². The lowest BCUT2D eigenvalue weighted by Crippen LogP contribution is -2.49. The van der Waals surface area contributed by atoms with Crippen molar-refractivity contribution in [1.29, 1.82) is 0 Å². The molecular formula is C31H39N3O4S. The van der Waals surface area contributed by atoms with Gasteiger partial charge in [-0.2, -0.15) is 0 Å². The maximum atomic E-state index is 13.7. The van der Waals surface area contributed by atoms with Crippen LogP contribution in [0.5, 0.6) is 0 Å². The van der Waals surface area contributed by atoms with Crippen LogP contribution in [0.1, 0.15) is 42.0 Å². The average molecular weight is 550 g/mol. The summed E-state index contributed by atoms with van der Waals surface area (Å²) in [6, 6.07) is 24.2. The minimum atomic E-state index is -3.54. The van der Waals surface area contributed by atoms with Crippen molar-refractivity contribution in [2.24, 2.45) is 0 Å². The van der Waals surface area contributed by atoms with E-state index in [1.54, 1.807) is 24.1 Å². The van der Waals surface area contributed by atoms with E-state index in [2.05, 4.69) is 5.32 Å². The summed E-state index contributed by atoms with van der Waals surface area (Å²) < 4.78 is 26.5. The highest BCUT2D eigenvalue weighted by Crippen LogP contribution is 2.21. The first-order chi connectivity index (χ1) is 18.6. The van der Waals surface area contributed by atoms with Crippen molar-refractivity contribution in [2.75, 3.05) is 24.2 Å². The Balaban J connectivity index is 1.82. The van der Waals surface area contributed by atoms with E-state index in [0.717, 1.165) is 28.7 Å². The highest BCUT2D eigenvalue weighted by atomic mass is 32.2. The summed E-state index contributed by atoms with van der Waals surface area (Å²) in [5.74, 6) is -0.442. The molecule has 0 aliphatic heterocycles. The average Bonchev–Trinajstić information content (AvgIpc) is 2.93. The third kappa shape index (κ3) is 8.68. The molecule has 3 aromatic rings. The molecule has 1 N–H and O–H groups in total. The second-order valence-corrected chi connectivity index (χ2v) is 11.7. The Morgan fingerprint density at radius 3 is 2.05 bits per heavy atom. The molecular weight excluding hydrogens is 510 g/mol. The lowest BCUT2D eigenvalue weighted by molar-refractivity contribution is -0.141. The number of nitrogens with zero attached hydrogens (tertiary/aromatic N) is 2. The molecule has 1 atom stereocenters. The second-order valence-electron chi connectivity index (χ2n) is 9.79. The molecule has 0 aliphatic carbocycles. The fraction of sp³-hybridized carbons (Fsp3) is 0.355. The summed E-state index contributed by atoms with van der Waals surface area (Å²) in [6.07, 6.45) is 2.83. The Bertz CT molecular complexity index is 1320. The molecule has 208 valence electrons. The maximum Gasteiger partial charge on any atom is 0.242 e. The van der Waals surface area contributed by atoms with Gasteiger partial charge in [-0.25, -0.2) is 8.42 Å². The molecule has 0 bridgehead atoms. The molecule has 7 nitrogen and oxygen atoms in total. The smallest absolute Gasteiger partial charge is 0.242 e. The second kappa shape index (κ2) is 13.9. The zero-order valence-electron chi connectivity index (χ0n) is 23.3. The number of nitrogens with one attached hydrogen (secondary N) is 1. The van der Waals surface area contributed by atoms with Crippen LogP contribution in [-0.2, 0) is 39.0 Å². The van der Waals surface area contributed by atoms with Gasteiger partial charge in [0.2, 0.25) is 21.8 Å². The quantitative estimate of drug-likeness (QED) is 0.340. The van der Waals surface area contributed by atoms with Crippen molar-refractivity contribution in [3.63, 3.8) is 0 Å². The predicted octanol–water partition coefficient (Wildman–Crippen LogP) is 4.49. The van der Waals surface area contributed by atoms with Crippen LogP contribution in [0.4, 0.5) is 5.69 Å². The van der Waals surface area contributed by atoms with E-state index in [9.17, 15) is 18.0 Å². The summed E-state index contributed by atoms with van der Waals surface area (Å²) in [4.78, 5) is 28.4. The van der Waals surface area contributed by atoms with Crippen molar-refractivity contribution >= 4 is 27.5 Å². The number of hydrogen-bond acceptors (Lipinski definition) is 4. The number of aryl methyl sites for hydroxylation is 2. The molecule has 0 saturated carbocycles. The number of carbonyl (C=O) groups excluding carboxylic acids is 2. The summed E-state index contributed by atoms with van der Waals surface area (Å²) in [5, 5.41) is 2.72. The van der Waals surface area contributed by atoms with E-state index in [0.29, 0.717) is 18.5 Å². The van der Waals surface area contributed by atoms with Crippen molar-refractivity contribution < 1.29 is 18.0 Å². The van der Waals surface area contributed by atoms with Crippen LogP contribution in [-0.4, -0.2) is 51.0 Å². The summed E-state index contributed by atoms with van der Waals surface area (Å²) in [6.45, 7) is 4.48. The fourth-order valence-corrected chi connectivity index (χ4v) is 5.48. The molecule has 8 heteroatoms. The lowest BCUT2D eigenvalue weighted by Gasteiger charge is -2.31. The Hall–Kier alpha value is -3.65. The van der Waals surface area contributed by atoms with E-state index in [-0.39, 0.29) is 31.3 Å². The molecule has 0 fully saturated rings. The largest absolute Gasteiger partial charge is 0.357 e. The molecule has 0 aromatic heterocycles. The number of sulfonamides is 1. The molecule has 3 aromatic carbocycles. The highest BCUT2D eigenvalue weighted by Gasteiger charge is 2.30. The molecule has 0 spiro atoms. The number of likely N-dealkylation sites (N-methyl/N-ethyl adjacent to an activating group) is 1. The Morgan fingerprint density at radius 2 is 1.49 bits per heavy atom. The monoisotopic (exact) mass is 549 g/mol. The number of anilines is 1. The van der Waals surface area contributed by atoms with E-state index < -0.39 is 16.1 Å². The van der Waals surface area contributed by atoms with Crippen LogP contribution in [0.3, 0.4) is 0 Å².